The van der Waals surface area contributed by atoms with Gasteiger partial charge in [0.25, 0.3) is 0 Å². The van der Waals surface area contributed by atoms with Gasteiger partial charge in [0, 0.05) is 0 Å². The first kappa shape index (κ1) is 19.0. The Labute approximate surface area is 160 Å². The quantitative estimate of drug-likeness (QED) is 0.449. The molecular weight excluding hydrogens is 312 g/mol. The fourth-order valence-corrected chi connectivity index (χ4v) is 4.29. The maximum atomic E-state index is 2.33. The molecule has 0 bridgehead atoms. The molecule has 0 aromatic heterocycles. The van der Waals surface area contributed by atoms with Gasteiger partial charge in [0.1, 0.15) is 0 Å². The Morgan fingerprint density at radius 3 is 1.88 bits per heavy atom. The van der Waals surface area contributed by atoms with Crippen LogP contribution in [0.2, 0.25) is 0 Å². The van der Waals surface area contributed by atoms with Gasteiger partial charge in [-0.05, 0) is 68.1 Å². The summed E-state index contributed by atoms with van der Waals surface area (Å²) in [6, 6.07) is 18.1. The molecule has 0 unspecified atom stereocenters. The molecule has 1 fully saturated rings. The molecule has 0 amide bonds. The standard InChI is InChI=1S/C26H34/c1-3-4-5-6-22-9-11-23(12-10-22)13-14-24-15-19-26(20-16-24)25-17-7-21(2)8-18-25/h3-4,7-8,15-20,22-23H,5-6,9-14H2,1-2H3. The van der Waals surface area contributed by atoms with E-state index in [9.17, 15) is 0 Å². The minimum absolute atomic E-state index is 0.949. The molecule has 1 aliphatic rings. The van der Waals surface area contributed by atoms with Crippen LogP contribution in [0, 0.1) is 18.8 Å². The molecule has 0 nitrogen and oxygen atoms in total. The molecule has 0 N–H and O–H groups in total. The molecule has 0 aliphatic heterocycles. The summed E-state index contributed by atoms with van der Waals surface area (Å²) in [6.45, 7) is 4.27. The highest BCUT2D eigenvalue weighted by Gasteiger charge is 2.20. The van der Waals surface area contributed by atoms with Crippen LogP contribution in [-0.4, -0.2) is 0 Å². The minimum Gasteiger partial charge on any atom is -0.0917 e. The number of allylic oxidation sites excluding steroid dienone is 2. The molecule has 3 rings (SSSR count). The predicted octanol–water partition coefficient (Wildman–Crippen LogP) is 7.76. The van der Waals surface area contributed by atoms with Gasteiger partial charge >= 0.3 is 0 Å². The van der Waals surface area contributed by atoms with Crippen molar-refractivity contribution in [2.75, 3.05) is 0 Å². The number of aryl methyl sites for hydroxylation is 2. The van der Waals surface area contributed by atoms with Crippen molar-refractivity contribution in [3.63, 3.8) is 0 Å². The average molecular weight is 347 g/mol. The molecule has 1 aliphatic carbocycles. The normalized spacial score (nSPS) is 20.5. The molecule has 0 saturated heterocycles. The van der Waals surface area contributed by atoms with E-state index in [1.54, 1.807) is 0 Å². The fourth-order valence-electron chi connectivity index (χ4n) is 4.29. The summed E-state index contributed by atoms with van der Waals surface area (Å²) in [4.78, 5) is 0. The molecule has 1 saturated carbocycles. The molecule has 0 heterocycles. The van der Waals surface area contributed by atoms with E-state index in [1.165, 1.54) is 73.6 Å². The number of benzene rings is 2. The summed E-state index contributed by atoms with van der Waals surface area (Å²) in [6.07, 6.45) is 15.6. The third-order valence-corrected chi connectivity index (χ3v) is 6.12. The van der Waals surface area contributed by atoms with Crippen LogP contribution in [0.4, 0.5) is 0 Å². The number of hydrogen-bond donors (Lipinski definition) is 0. The lowest BCUT2D eigenvalue weighted by Gasteiger charge is -2.28. The maximum Gasteiger partial charge on any atom is -0.0184 e. The second-order valence-electron chi connectivity index (χ2n) is 8.13. The van der Waals surface area contributed by atoms with Gasteiger partial charge in [0.2, 0.25) is 0 Å². The summed E-state index contributed by atoms with van der Waals surface area (Å²) < 4.78 is 0. The Bertz CT molecular complexity index is 667. The zero-order valence-electron chi connectivity index (χ0n) is 16.6. The zero-order chi connectivity index (χ0) is 18.2. The summed E-state index contributed by atoms with van der Waals surface area (Å²) in [5.74, 6) is 1.93. The van der Waals surface area contributed by atoms with Crippen LogP contribution in [0.15, 0.2) is 60.7 Å². The van der Waals surface area contributed by atoms with Crippen molar-refractivity contribution >= 4 is 0 Å². The first-order chi connectivity index (χ1) is 12.7. The molecule has 0 radical (unpaired) electrons. The van der Waals surface area contributed by atoms with E-state index in [2.05, 4.69) is 74.5 Å². The predicted molar refractivity (Wildman–Crippen MR) is 114 cm³/mol. The number of rotatable bonds is 7. The van der Waals surface area contributed by atoms with Crippen molar-refractivity contribution in [2.24, 2.45) is 11.8 Å². The third kappa shape index (κ3) is 5.59. The van der Waals surface area contributed by atoms with Gasteiger partial charge in [-0.15, -0.1) is 0 Å². The highest BCUT2D eigenvalue weighted by atomic mass is 14.3. The Balaban J connectivity index is 1.43. The van der Waals surface area contributed by atoms with Crippen LogP contribution >= 0.6 is 0 Å². The molecule has 0 spiro atoms. The van der Waals surface area contributed by atoms with E-state index < -0.39 is 0 Å². The highest BCUT2D eigenvalue weighted by molar-refractivity contribution is 5.63. The van der Waals surface area contributed by atoms with Crippen molar-refractivity contribution in [3.05, 3.63) is 71.8 Å². The van der Waals surface area contributed by atoms with E-state index in [4.69, 9.17) is 0 Å². The van der Waals surface area contributed by atoms with Crippen LogP contribution in [0.25, 0.3) is 11.1 Å². The average Bonchev–Trinajstić information content (AvgIpc) is 2.69. The summed E-state index contributed by atoms with van der Waals surface area (Å²) >= 11 is 0. The van der Waals surface area contributed by atoms with Gasteiger partial charge < -0.3 is 0 Å². The molecule has 0 heteroatoms. The SMILES string of the molecule is CC=CCCC1CCC(CCc2ccc(-c3ccc(C)cc3)cc2)CC1. The summed E-state index contributed by atoms with van der Waals surface area (Å²) in [5, 5.41) is 0. The lowest BCUT2D eigenvalue weighted by molar-refractivity contribution is 0.254. The van der Waals surface area contributed by atoms with E-state index in [0.29, 0.717) is 0 Å². The second kappa shape index (κ2) is 9.76. The smallest absolute Gasteiger partial charge is 0.0184 e. The Morgan fingerprint density at radius 2 is 1.31 bits per heavy atom. The monoisotopic (exact) mass is 346 g/mol. The lowest BCUT2D eigenvalue weighted by atomic mass is 9.78. The second-order valence-corrected chi connectivity index (χ2v) is 8.13. The molecule has 2 aromatic rings. The van der Waals surface area contributed by atoms with Crippen LogP contribution in [0.3, 0.4) is 0 Å². The Hall–Kier alpha value is -1.82. The first-order valence-electron chi connectivity index (χ1n) is 10.5. The van der Waals surface area contributed by atoms with Crippen LogP contribution < -0.4 is 0 Å². The van der Waals surface area contributed by atoms with Crippen LogP contribution in [-0.2, 0) is 6.42 Å². The molecule has 26 heavy (non-hydrogen) atoms. The minimum atomic E-state index is 0.949. The molecule has 0 atom stereocenters. The Morgan fingerprint density at radius 1 is 0.769 bits per heavy atom. The van der Waals surface area contributed by atoms with E-state index in [0.717, 1.165) is 11.8 Å². The molecule has 138 valence electrons. The third-order valence-electron chi connectivity index (χ3n) is 6.12. The van der Waals surface area contributed by atoms with E-state index >= 15 is 0 Å². The van der Waals surface area contributed by atoms with Gasteiger partial charge in [-0.2, -0.15) is 0 Å². The lowest BCUT2D eigenvalue weighted by Crippen LogP contribution is -2.15. The van der Waals surface area contributed by atoms with Gasteiger partial charge in [-0.3, -0.25) is 0 Å². The first-order valence-corrected chi connectivity index (χ1v) is 10.5. The van der Waals surface area contributed by atoms with Gasteiger partial charge in [-0.25, -0.2) is 0 Å². The van der Waals surface area contributed by atoms with Crippen molar-refractivity contribution < 1.29 is 0 Å². The largest absolute Gasteiger partial charge is 0.0917 e. The zero-order valence-corrected chi connectivity index (χ0v) is 16.6. The summed E-state index contributed by atoms with van der Waals surface area (Å²) in [5.41, 5.74) is 5.46. The van der Waals surface area contributed by atoms with Gasteiger partial charge in [0.05, 0.1) is 0 Å². The van der Waals surface area contributed by atoms with Crippen molar-refractivity contribution in [3.8, 4) is 11.1 Å². The van der Waals surface area contributed by atoms with Crippen molar-refractivity contribution in [1.82, 2.24) is 0 Å². The summed E-state index contributed by atoms with van der Waals surface area (Å²) in [7, 11) is 0. The van der Waals surface area contributed by atoms with Crippen LogP contribution in [0.5, 0.6) is 0 Å². The number of hydrogen-bond acceptors (Lipinski definition) is 0. The van der Waals surface area contributed by atoms with E-state index in [-0.39, 0.29) is 0 Å². The van der Waals surface area contributed by atoms with Crippen molar-refractivity contribution in [2.45, 2.75) is 65.2 Å². The molecular formula is C26H34. The fraction of sp³-hybridized carbons (Fsp3) is 0.462. The molecule has 2 aromatic carbocycles. The topological polar surface area (TPSA) is 0 Å². The van der Waals surface area contributed by atoms with Crippen LogP contribution in [0.1, 0.15) is 63.0 Å². The highest BCUT2D eigenvalue weighted by Crippen LogP contribution is 2.34. The maximum absolute atomic E-state index is 2.33. The van der Waals surface area contributed by atoms with Gasteiger partial charge in [0.15, 0.2) is 0 Å². The van der Waals surface area contributed by atoms with Gasteiger partial charge in [-0.1, -0.05) is 91.9 Å². The van der Waals surface area contributed by atoms with E-state index in [1.807, 2.05) is 0 Å². The van der Waals surface area contributed by atoms with Crippen molar-refractivity contribution in [1.29, 1.82) is 0 Å². The Kier molecular flexibility index (Phi) is 7.12.